The first-order valence-electron chi connectivity index (χ1n) is 10.9. The minimum atomic E-state index is -4.42. The van der Waals surface area contributed by atoms with Gasteiger partial charge < -0.3 is 10.1 Å². The van der Waals surface area contributed by atoms with Gasteiger partial charge in [-0.15, -0.1) is 0 Å². The van der Waals surface area contributed by atoms with Gasteiger partial charge in [-0.05, 0) is 80.1 Å². The number of anilines is 1. The molecule has 8 heteroatoms. The Morgan fingerprint density at radius 2 is 1.79 bits per heavy atom. The van der Waals surface area contributed by atoms with Crippen LogP contribution in [0.1, 0.15) is 38.2 Å². The van der Waals surface area contributed by atoms with Crippen molar-refractivity contribution in [1.82, 2.24) is 4.98 Å². The molecule has 1 saturated carbocycles. The Hall–Kier alpha value is -2.80. The molecule has 1 aliphatic carbocycles. The summed E-state index contributed by atoms with van der Waals surface area (Å²) in [5, 5.41) is 4.11. The maximum atomic E-state index is 13.0. The SMILES string of the molecule is CC(C(=O)Nc1ccc(Cl)cc1)C1CCC(Oc2ccnc3cc(C(F)(F)F)ccc23)CC1. The van der Waals surface area contributed by atoms with Crippen LogP contribution >= 0.6 is 11.6 Å². The van der Waals surface area contributed by atoms with E-state index in [-0.39, 0.29) is 29.4 Å². The first-order valence-corrected chi connectivity index (χ1v) is 11.3. The highest BCUT2D eigenvalue weighted by Crippen LogP contribution is 2.36. The van der Waals surface area contributed by atoms with E-state index in [1.165, 1.54) is 12.3 Å². The molecule has 0 radical (unpaired) electrons. The molecule has 0 spiro atoms. The number of nitrogens with zero attached hydrogens (tertiary/aromatic N) is 1. The zero-order chi connectivity index (χ0) is 23.6. The molecular formula is C25H24ClF3N2O2. The van der Waals surface area contributed by atoms with Gasteiger partial charge in [-0.1, -0.05) is 18.5 Å². The van der Waals surface area contributed by atoms with Gasteiger partial charge in [-0.2, -0.15) is 13.2 Å². The third-order valence-electron chi connectivity index (χ3n) is 6.27. The number of carbonyl (C=O) groups excluding carboxylic acids is 1. The van der Waals surface area contributed by atoms with Gasteiger partial charge >= 0.3 is 6.18 Å². The second-order valence-corrected chi connectivity index (χ2v) is 8.91. The number of fused-ring (bicyclic) bond motifs is 1. The van der Waals surface area contributed by atoms with Gasteiger partial charge in [-0.25, -0.2) is 0 Å². The van der Waals surface area contributed by atoms with E-state index in [0.29, 0.717) is 21.8 Å². The Morgan fingerprint density at radius 1 is 1.09 bits per heavy atom. The predicted octanol–water partition coefficient (Wildman–Crippen LogP) is 7.12. The third kappa shape index (κ3) is 5.58. The molecule has 1 aromatic heterocycles. The molecule has 4 nitrogen and oxygen atoms in total. The Morgan fingerprint density at radius 3 is 2.45 bits per heavy atom. The molecule has 1 fully saturated rings. The van der Waals surface area contributed by atoms with Gasteiger partial charge in [-0.3, -0.25) is 9.78 Å². The topological polar surface area (TPSA) is 51.2 Å². The predicted molar refractivity (Wildman–Crippen MR) is 122 cm³/mol. The number of benzene rings is 2. The Balaban J connectivity index is 1.36. The van der Waals surface area contributed by atoms with Crippen molar-refractivity contribution < 1.29 is 22.7 Å². The normalized spacial score (nSPS) is 19.8. The number of rotatable bonds is 5. The molecule has 3 aromatic rings. The highest BCUT2D eigenvalue weighted by Gasteiger charge is 2.32. The number of pyridine rings is 1. The largest absolute Gasteiger partial charge is 0.490 e. The van der Waals surface area contributed by atoms with Crippen molar-refractivity contribution in [3.8, 4) is 5.75 Å². The van der Waals surface area contributed by atoms with Gasteiger partial charge in [0, 0.05) is 28.2 Å². The second kappa shape index (κ2) is 9.59. The molecule has 0 saturated heterocycles. The average Bonchev–Trinajstić information content (AvgIpc) is 2.80. The summed E-state index contributed by atoms with van der Waals surface area (Å²) in [6.45, 7) is 1.94. The van der Waals surface area contributed by atoms with Crippen molar-refractivity contribution >= 4 is 34.1 Å². The van der Waals surface area contributed by atoms with Crippen LogP contribution in [0, 0.1) is 11.8 Å². The molecular weight excluding hydrogens is 453 g/mol. The summed E-state index contributed by atoms with van der Waals surface area (Å²) in [6, 6.07) is 12.2. The monoisotopic (exact) mass is 476 g/mol. The number of nitrogens with one attached hydrogen (secondary N) is 1. The van der Waals surface area contributed by atoms with Crippen LogP contribution < -0.4 is 10.1 Å². The van der Waals surface area contributed by atoms with E-state index in [9.17, 15) is 18.0 Å². The number of hydrogen-bond acceptors (Lipinski definition) is 3. The summed E-state index contributed by atoms with van der Waals surface area (Å²) in [6.07, 6.45) is 0.207. The van der Waals surface area contributed by atoms with Crippen LogP contribution in [0.4, 0.5) is 18.9 Å². The van der Waals surface area contributed by atoms with Crippen molar-refractivity contribution in [2.75, 3.05) is 5.32 Å². The van der Waals surface area contributed by atoms with Crippen molar-refractivity contribution in [1.29, 1.82) is 0 Å². The molecule has 0 bridgehead atoms. The van der Waals surface area contributed by atoms with Crippen LogP contribution in [0.3, 0.4) is 0 Å². The van der Waals surface area contributed by atoms with Crippen LogP contribution in [-0.4, -0.2) is 17.0 Å². The van der Waals surface area contributed by atoms with Crippen molar-refractivity contribution in [3.05, 3.63) is 65.3 Å². The van der Waals surface area contributed by atoms with E-state index in [1.807, 2.05) is 6.92 Å². The van der Waals surface area contributed by atoms with E-state index in [1.54, 1.807) is 30.3 Å². The van der Waals surface area contributed by atoms with Crippen LogP contribution in [0.25, 0.3) is 10.9 Å². The van der Waals surface area contributed by atoms with Gasteiger partial charge in [0.15, 0.2) is 0 Å². The highest BCUT2D eigenvalue weighted by atomic mass is 35.5. The van der Waals surface area contributed by atoms with Gasteiger partial charge in [0.25, 0.3) is 0 Å². The molecule has 174 valence electrons. The summed E-state index contributed by atoms with van der Waals surface area (Å²) in [5.74, 6) is 0.595. The molecule has 1 unspecified atom stereocenters. The molecule has 2 aromatic carbocycles. The minimum absolute atomic E-state index is 0.0257. The molecule has 1 amide bonds. The lowest BCUT2D eigenvalue weighted by molar-refractivity contribution is -0.137. The summed E-state index contributed by atoms with van der Waals surface area (Å²) in [4.78, 5) is 16.7. The average molecular weight is 477 g/mol. The first kappa shape index (κ1) is 23.4. The highest BCUT2D eigenvalue weighted by molar-refractivity contribution is 6.30. The fourth-order valence-electron chi connectivity index (χ4n) is 4.29. The lowest BCUT2D eigenvalue weighted by Crippen LogP contribution is -2.32. The number of aromatic nitrogens is 1. The van der Waals surface area contributed by atoms with Crippen molar-refractivity contribution in [3.63, 3.8) is 0 Å². The molecule has 0 aliphatic heterocycles. The van der Waals surface area contributed by atoms with Crippen LogP contribution in [0.5, 0.6) is 5.75 Å². The Labute approximate surface area is 195 Å². The summed E-state index contributed by atoms with van der Waals surface area (Å²) < 4.78 is 45.1. The maximum absolute atomic E-state index is 13.0. The zero-order valence-electron chi connectivity index (χ0n) is 18.0. The minimum Gasteiger partial charge on any atom is -0.490 e. The van der Waals surface area contributed by atoms with Gasteiger partial charge in [0.2, 0.25) is 5.91 Å². The zero-order valence-corrected chi connectivity index (χ0v) is 18.8. The van der Waals surface area contributed by atoms with Crippen molar-refractivity contribution in [2.24, 2.45) is 11.8 Å². The standard InChI is InChI=1S/C25H24ClF3N2O2/c1-15(24(32)31-19-7-5-18(26)6-8-19)16-2-9-20(10-3-16)33-23-12-13-30-22-14-17(25(27,28)29)4-11-21(22)23/h4-8,11-16,20H,2-3,9-10H2,1H3,(H,31,32). The summed E-state index contributed by atoms with van der Waals surface area (Å²) in [7, 11) is 0. The quantitative estimate of drug-likeness (QED) is 0.426. The number of alkyl halides is 3. The second-order valence-electron chi connectivity index (χ2n) is 8.48. The number of ether oxygens (including phenoxy) is 1. The maximum Gasteiger partial charge on any atom is 0.416 e. The molecule has 1 heterocycles. The van der Waals surface area contributed by atoms with Crippen LogP contribution in [0.2, 0.25) is 5.02 Å². The Kier molecular flexibility index (Phi) is 6.79. The molecule has 4 rings (SSSR count). The van der Waals surface area contributed by atoms with Gasteiger partial charge in [0.05, 0.1) is 17.2 Å². The third-order valence-corrected chi connectivity index (χ3v) is 6.53. The Bertz CT molecular complexity index is 1130. The van der Waals surface area contributed by atoms with E-state index in [4.69, 9.17) is 16.3 Å². The van der Waals surface area contributed by atoms with Crippen molar-refractivity contribution in [2.45, 2.75) is 44.9 Å². The summed E-state index contributed by atoms with van der Waals surface area (Å²) in [5.41, 5.74) is 0.237. The van der Waals surface area contributed by atoms with Crippen LogP contribution in [-0.2, 0) is 11.0 Å². The van der Waals surface area contributed by atoms with E-state index in [0.717, 1.165) is 37.8 Å². The number of hydrogen-bond donors (Lipinski definition) is 1. The fraction of sp³-hybridized carbons (Fsp3) is 0.360. The fourth-order valence-corrected chi connectivity index (χ4v) is 4.42. The number of carbonyl (C=O) groups is 1. The summed E-state index contributed by atoms with van der Waals surface area (Å²) >= 11 is 5.89. The number of halogens is 4. The van der Waals surface area contributed by atoms with Gasteiger partial charge in [0.1, 0.15) is 5.75 Å². The van der Waals surface area contributed by atoms with Crippen LogP contribution in [0.15, 0.2) is 54.7 Å². The molecule has 1 atom stereocenters. The van der Waals surface area contributed by atoms with E-state index < -0.39 is 11.7 Å². The molecule has 1 N–H and O–H groups in total. The molecule has 33 heavy (non-hydrogen) atoms. The van der Waals surface area contributed by atoms with E-state index in [2.05, 4.69) is 10.3 Å². The number of amides is 1. The lowest BCUT2D eigenvalue weighted by Gasteiger charge is -2.32. The lowest BCUT2D eigenvalue weighted by atomic mass is 9.79. The molecule has 1 aliphatic rings. The smallest absolute Gasteiger partial charge is 0.416 e. The first-order chi connectivity index (χ1) is 15.7. The van der Waals surface area contributed by atoms with E-state index >= 15 is 0 Å².